The topological polar surface area (TPSA) is 62.3 Å². The summed E-state index contributed by atoms with van der Waals surface area (Å²) in [5.41, 5.74) is 6.33. The van der Waals surface area contributed by atoms with E-state index in [-0.39, 0.29) is 11.4 Å². The van der Waals surface area contributed by atoms with Crippen molar-refractivity contribution in [1.82, 2.24) is 4.90 Å². The molecule has 0 heterocycles. The number of benzene rings is 2. The molecule has 0 aliphatic carbocycles. The fourth-order valence-electron chi connectivity index (χ4n) is 2.02. The first-order chi connectivity index (χ1) is 9.83. The molecule has 0 spiro atoms. The number of nitrogens with two attached hydrogens (primary N) is 1. The third-order valence-electron chi connectivity index (χ3n) is 3.97. The Morgan fingerprint density at radius 3 is 2.33 bits per heavy atom. The first-order valence-corrected chi connectivity index (χ1v) is 6.99. The lowest BCUT2D eigenvalue weighted by molar-refractivity contribution is 0.115. The van der Waals surface area contributed by atoms with Crippen LogP contribution in [0, 0.1) is 5.41 Å². The summed E-state index contributed by atoms with van der Waals surface area (Å²) in [5.74, 6) is 0.900. The van der Waals surface area contributed by atoms with Crippen LogP contribution in [0.5, 0.6) is 5.75 Å². The maximum absolute atomic E-state index is 7.68. The van der Waals surface area contributed by atoms with E-state index in [2.05, 4.69) is 18.7 Å². The number of ether oxygens (including phenoxy) is 1. The Hall–Kier alpha value is -2.07. The van der Waals surface area contributed by atoms with Crippen molar-refractivity contribution < 1.29 is 4.74 Å². The molecule has 0 saturated carbocycles. The van der Waals surface area contributed by atoms with Gasteiger partial charge in [0, 0.05) is 16.5 Å². The van der Waals surface area contributed by atoms with Gasteiger partial charge in [-0.15, -0.1) is 0 Å². The summed E-state index contributed by atoms with van der Waals surface area (Å²) < 4.78 is 6.03. The van der Waals surface area contributed by atoms with E-state index in [1.54, 1.807) is 0 Å². The highest BCUT2D eigenvalue weighted by Gasteiger charge is 2.22. The predicted octanol–water partition coefficient (Wildman–Crippen LogP) is 2.84. The van der Waals surface area contributed by atoms with Crippen molar-refractivity contribution in [3.05, 3.63) is 42.0 Å². The van der Waals surface area contributed by atoms with Crippen LogP contribution in [0.4, 0.5) is 0 Å². The number of hydrogen-bond donors (Lipinski definition) is 2. The van der Waals surface area contributed by atoms with E-state index in [4.69, 9.17) is 15.9 Å². The minimum atomic E-state index is -0.0552. The van der Waals surface area contributed by atoms with Crippen LogP contribution < -0.4 is 10.5 Å². The Labute approximate surface area is 126 Å². The van der Waals surface area contributed by atoms with Crippen molar-refractivity contribution in [2.45, 2.75) is 19.4 Å². The van der Waals surface area contributed by atoms with Gasteiger partial charge in [0.05, 0.1) is 0 Å². The Morgan fingerprint density at radius 2 is 1.76 bits per heavy atom. The Bertz CT molecular complexity index is 662. The maximum Gasteiger partial charge on any atom is 0.127 e. The van der Waals surface area contributed by atoms with Crippen LogP contribution in [-0.2, 0) is 0 Å². The average molecular weight is 285 g/mol. The normalized spacial score (nSPS) is 11.9. The first kappa shape index (κ1) is 15.3. The largest absolute Gasteiger partial charge is 0.491 e. The molecular formula is C17H23N3O. The Morgan fingerprint density at radius 1 is 1.14 bits per heavy atom. The van der Waals surface area contributed by atoms with Crippen LogP contribution in [-0.4, -0.2) is 37.0 Å². The smallest absolute Gasteiger partial charge is 0.127 e. The van der Waals surface area contributed by atoms with E-state index >= 15 is 0 Å². The van der Waals surface area contributed by atoms with Crippen LogP contribution >= 0.6 is 0 Å². The van der Waals surface area contributed by atoms with Crippen molar-refractivity contribution in [1.29, 1.82) is 5.41 Å². The van der Waals surface area contributed by atoms with Gasteiger partial charge in [-0.1, -0.05) is 24.3 Å². The molecule has 3 N–H and O–H groups in total. The third kappa shape index (κ3) is 3.16. The van der Waals surface area contributed by atoms with E-state index in [0.717, 1.165) is 22.1 Å². The molecule has 21 heavy (non-hydrogen) atoms. The number of rotatable bonds is 5. The van der Waals surface area contributed by atoms with Crippen LogP contribution in [0.15, 0.2) is 36.4 Å². The molecule has 0 aliphatic rings. The molecule has 2 rings (SSSR count). The molecule has 0 radical (unpaired) electrons. The number of fused-ring (bicyclic) bond motifs is 1. The summed E-state index contributed by atoms with van der Waals surface area (Å²) in [6, 6.07) is 11.6. The predicted molar refractivity (Wildman–Crippen MR) is 88.2 cm³/mol. The number of amidine groups is 1. The molecule has 4 heteroatoms. The van der Waals surface area contributed by atoms with Gasteiger partial charge < -0.3 is 15.4 Å². The molecule has 0 bridgehead atoms. The molecule has 0 unspecified atom stereocenters. The van der Waals surface area contributed by atoms with Gasteiger partial charge >= 0.3 is 0 Å². The molecular weight excluding hydrogens is 262 g/mol. The zero-order chi connectivity index (χ0) is 15.6. The minimum absolute atomic E-state index is 0.0552. The number of hydrogen-bond acceptors (Lipinski definition) is 3. The van der Waals surface area contributed by atoms with E-state index < -0.39 is 0 Å². The lowest BCUT2D eigenvalue weighted by atomic mass is 10.0. The van der Waals surface area contributed by atoms with Crippen LogP contribution in [0.2, 0.25) is 0 Å². The summed E-state index contributed by atoms with van der Waals surface area (Å²) in [7, 11) is 4.08. The molecule has 0 aliphatic heterocycles. The summed E-state index contributed by atoms with van der Waals surface area (Å²) in [6.45, 7) is 4.86. The van der Waals surface area contributed by atoms with Crippen molar-refractivity contribution in [2.24, 2.45) is 5.73 Å². The van der Waals surface area contributed by atoms with Gasteiger partial charge in [-0.05, 0) is 45.5 Å². The summed E-state index contributed by atoms with van der Waals surface area (Å²) in [5, 5.41) is 9.61. The molecule has 112 valence electrons. The molecule has 0 saturated heterocycles. The van der Waals surface area contributed by atoms with Gasteiger partial charge in [0.25, 0.3) is 0 Å². The summed E-state index contributed by atoms with van der Waals surface area (Å²) >= 11 is 0. The summed E-state index contributed by atoms with van der Waals surface area (Å²) in [4.78, 5) is 2.14. The van der Waals surface area contributed by atoms with Crippen LogP contribution in [0.1, 0.15) is 19.4 Å². The van der Waals surface area contributed by atoms with Crippen molar-refractivity contribution >= 4 is 16.6 Å². The quantitative estimate of drug-likeness (QED) is 0.656. The Kier molecular flexibility index (Phi) is 4.19. The molecule has 2 aromatic rings. The molecule has 0 fully saturated rings. The standard InChI is InChI=1S/C17H23N3O/c1-17(2,20(3)4)11-21-15-10-9-14(16(18)19)12-7-5-6-8-13(12)15/h5-10H,11H2,1-4H3,(H3,18,19). The zero-order valence-corrected chi connectivity index (χ0v) is 13.1. The number of likely N-dealkylation sites (N-methyl/N-ethyl adjacent to an activating group) is 1. The molecule has 2 aromatic carbocycles. The highest BCUT2D eigenvalue weighted by Crippen LogP contribution is 2.29. The van der Waals surface area contributed by atoms with Gasteiger partial charge in [-0.3, -0.25) is 5.41 Å². The minimum Gasteiger partial charge on any atom is -0.491 e. The van der Waals surface area contributed by atoms with E-state index in [0.29, 0.717) is 6.61 Å². The van der Waals surface area contributed by atoms with Crippen molar-refractivity contribution in [2.75, 3.05) is 20.7 Å². The Balaban J connectivity index is 2.38. The molecule has 0 amide bonds. The van der Waals surface area contributed by atoms with Crippen molar-refractivity contribution in [3.63, 3.8) is 0 Å². The number of nitrogens with zero attached hydrogens (tertiary/aromatic N) is 1. The molecule has 0 atom stereocenters. The second-order valence-corrected chi connectivity index (χ2v) is 6.07. The number of nitrogens with one attached hydrogen (secondary N) is 1. The average Bonchev–Trinajstić information content (AvgIpc) is 2.44. The van der Waals surface area contributed by atoms with E-state index in [1.165, 1.54) is 0 Å². The fraction of sp³-hybridized carbons (Fsp3) is 0.353. The van der Waals surface area contributed by atoms with Crippen LogP contribution in [0.25, 0.3) is 10.8 Å². The lowest BCUT2D eigenvalue weighted by Crippen LogP contribution is -2.43. The van der Waals surface area contributed by atoms with Gasteiger partial charge in [0.2, 0.25) is 0 Å². The fourth-order valence-corrected chi connectivity index (χ4v) is 2.02. The van der Waals surface area contributed by atoms with Gasteiger partial charge in [-0.2, -0.15) is 0 Å². The van der Waals surface area contributed by atoms with Crippen LogP contribution in [0.3, 0.4) is 0 Å². The van der Waals surface area contributed by atoms with Gasteiger partial charge in [-0.25, -0.2) is 0 Å². The molecule has 4 nitrogen and oxygen atoms in total. The second kappa shape index (κ2) is 5.74. The first-order valence-electron chi connectivity index (χ1n) is 6.99. The van der Waals surface area contributed by atoms with Gasteiger partial charge in [0.15, 0.2) is 0 Å². The SMILES string of the molecule is CN(C)C(C)(C)COc1ccc(C(=N)N)c2ccccc12. The third-order valence-corrected chi connectivity index (χ3v) is 3.97. The maximum atomic E-state index is 7.68. The monoisotopic (exact) mass is 285 g/mol. The van der Waals surface area contributed by atoms with Crippen molar-refractivity contribution in [3.8, 4) is 5.75 Å². The van der Waals surface area contributed by atoms with Gasteiger partial charge in [0.1, 0.15) is 18.2 Å². The second-order valence-electron chi connectivity index (χ2n) is 6.07. The highest BCUT2D eigenvalue weighted by atomic mass is 16.5. The highest BCUT2D eigenvalue weighted by molar-refractivity contribution is 6.09. The van der Waals surface area contributed by atoms with E-state index in [1.807, 2.05) is 50.5 Å². The lowest BCUT2D eigenvalue weighted by Gasteiger charge is -2.32. The summed E-state index contributed by atoms with van der Waals surface area (Å²) in [6.07, 6.45) is 0. The number of nitrogen functional groups attached to an aromatic ring is 1. The molecule has 0 aromatic heterocycles. The van der Waals surface area contributed by atoms with E-state index in [9.17, 15) is 0 Å². The zero-order valence-electron chi connectivity index (χ0n) is 13.1.